The van der Waals surface area contributed by atoms with E-state index >= 15 is 0 Å². The molecule has 1 unspecified atom stereocenters. The SMILES string of the molecule is CC1=C(CC2SCNC2=O)C(C)(C)CCC1. The summed E-state index contributed by atoms with van der Waals surface area (Å²) in [5.41, 5.74) is 3.36. The van der Waals surface area contributed by atoms with E-state index in [1.54, 1.807) is 11.8 Å². The van der Waals surface area contributed by atoms with E-state index in [9.17, 15) is 4.79 Å². The third-order valence-corrected chi connectivity index (χ3v) is 4.99. The number of hydrogen-bond acceptors (Lipinski definition) is 2. The van der Waals surface area contributed by atoms with Gasteiger partial charge in [0.2, 0.25) is 5.91 Å². The Bertz CT molecular complexity index is 333. The molecule has 1 N–H and O–H groups in total. The molecular formula is C13H21NOS. The standard InChI is InChI=1S/C13H21NOS/c1-9-5-4-6-13(2,3)10(9)7-11-12(15)14-8-16-11/h11H,4-8H2,1-3H3,(H,14,15). The van der Waals surface area contributed by atoms with Crippen LogP contribution in [0.3, 0.4) is 0 Å². The Morgan fingerprint density at radius 1 is 1.50 bits per heavy atom. The van der Waals surface area contributed by atoms with E-state index in [1.807, 2.05) is 0 Å². The lowest BCUT2D eigenvalue weighted by atomic mass is 9.71. The summed E-state index contributed by atoms with van der Waals surface area (Å²) in [6.45, 7) is 6.89. The number of carbonyl (C=O) groups is 1. The van der Waals surface area contributed by atoms with Crippen molar-refractivity contribution in [2.24, 2.45) is 5.41 Å². The van der Waals surface area contributed by atoms with Crippen LogP contribution in [0.15, 0.2) is 11.1 Å². The number of amides is 1. The van der Waals surface area contributed by atoms with Gasteiger partial charge in [0.05, 0.1) is 11.1 Å². The summed E-state index contributed by atoms with van der Waals surface area (Å²) in [7, 11) is 0. The molecule has 1 atom stereocenters. The molecule has 2 rings (SSSR count). The maximum Gasteiger partial charge on any atom is 0.234 e. The summed E-state index contributed by atoms with van der Waals surface area (Å²) in [5.74, 6) is 1.02. The van der Waals surface area contributed by atoms with Gasteiger partial charge in [-0.2, -0.15) is 0 Å². The predicted octanol–water partition coefficient (Wildman–Crippen LogP) is 3.09. The summed E-state index contributed by atoms with van der Waals surface area (Å²) in [6, 6.07) is 0. The van der Waals surface area contributed by atoms with Crippen LogP contribution in [0, 0.1) is 5.41 Å². The normalized spacial score (nSPS) is 29.4. The highest BCUT2D eigenvalue weighted by Gasteiger charge is 2.33. The van der Waals surface area contributed by atoms with Crippen molar-refractivity contribution in [1.29, 1.82) is 0 Å². The smallest absolute Gasteiger partial charge is 0.234 e. The maximum atomic E-state index is 11.6. The second-order valence-corrected chi connectivity index (χ2v) is 6.73. The van der Waals surface area contributed by atoms with Gasteiger partial charge >= 0.3 is 0 Å². The van der Waals surface area contributed by atoms with Gasteiger partial charge in [0.25, 0.3) is 0 Å². The van der Waals surface area contributed by atoms with E-state index in [0.717, 1.165) is 12.3 Å². The first kappa shape index (κ1) is 12.0. The monoisotopic (exact) mass is 239 g/mol. The van der Waals surface area contributed by atoms with Crippen LogP contribution in [0.4, 0.5) is 0 Å². The molecule has 16 heavy (non-hydrogen) atoms. The van der Waals surface area contributed by atoms with Crippen LogP contribution in [0.25, 0.3) is 0 Å². The van der Waals surface area contributed by atoms with Gasteiger partial charge in [0, 0.05) is 0 Å². The fraction of sp³-hybridized carbons (Fsp3) is 0.769. The zero-order chi connectivity index (χ0) is 11.8. The van der Waals surface area contributed by atoms with Crippen LogP contribution in [-0.2, 0) is 4.79 Å². The lowest BCUT2D eigenvalue weighted by Crippen LogP contribution is -2.27. The van der Waals surface area contributed by atoms with Crippen LogP contribution in [0.5, 0.6) is 0 Å². The van der Waals surface area contributed by atoms with Gasteiger partial charge in [-0.05, 0) is 38.0 Å². The molecule has 0 spiro atoms. The first-order chi connectivity index (χ1) is 7.50. The largest absolute Gasteiger partial charge is 0.346 e. The quantitative estimate of drug-likeness (QED) is 0.750. The Morgan fingerprint density at radius 2 is 2.25 bits per heavy atom. The van der Waals surface area contributed by atoms with E-state index in [0.29, 0.717) is 5.41 Å². The zero-order valence-electron chi connectivity index (χ0n) is 10.4. The molecule has 1 aliphatic carbocycles. The molecule has 1 saturated heterocycles. The average Bonchev–Trinajstić information content (AvgIpc) is 2.58. The van der Waals surface area contributed by atoms with E-state index in [-0.39, 0.29) is 11.2 Å². The van der Waals surface area contributed by atoms with Crippen LogP contribution in [0.2, 0.25) is 0 Å². The van der Waals surface area contributed by atoms with Crippen LogP contribution in [0.1, 0.15) is 46.5 Å². The number of hydrogen-bond donors (Lipinski definition) is 1. The van der Waals surface area contributed by atoms with Gasteiger partial charge in [-0.1, -0.05) is 25.0 Å². The molecule has 3 heteroatoms. The van der Waals surface area contributed by atoms with Crippen molar-refractivity contribution in [3.8, 4) is 0 Å². The van der Waals surface area contributed by atoms with E-state index in [4.69, 9.17) is 0 Å². The molecule has 1 aliphatic heterocycles. The first-order valence-electron chi connectivity index (χ1n) is 6.09. The molecule has 0 bridgehead atoms. The topological polar surface area (TPSA) is 29.1 Å². The lowest BCUT2D eigenvalue weighted by Gasteiger charge is -2.35. The summed E-state index contributed by atoms with van der Waals surface area (Å²) >= 11 is 1.75. The zero-order valence-corrected chi connectivity index (χ0v) is 11.2. The van der Waals surface area contributed by atoms with Crippen molar-refractivity contribution < 1.29 is 4.79 Å². The molecule has 1 fully saturated rings. The van der Waals surface area contributed by atoms with Crippen LogP contribution < -0.4 is 5.32 Å². The predicted molar refractivity (Wildman–Crippen MR) is 69.3 cm³/mol. The number of nitrogens with one attached hydrogen (secondary N) is 1. The molecule has 1 amide bonds. The lowest BCUT2D eigenvalue weighted by molar-refractivity contribution is -0.119. The van der Waals surface area contributed by atoms with Gasteiger partial charge < -0.3 is 5.32 Å². The first-order valence-corrected chi connectivity index (χ1v) is 7.14. The summed E-state index contributed by atoms with van der Waals surface area (Å²) in [4.78, 5) is 11.6. The highest BCUT2D eigenvalue weighted by molar-refractivity contribution is 8.01. The van der Waals surface area contributed by atoms with Crippen LogP contribution in [-0.4, -0.2) is 17.0 Å². The Labute approximate surface area is 102 Å². The van der Waals surface area contributed by atoms with Crippen molar-refractivity contribution in [2.75, 3.05) is 5.88 Å². The molecule has 0 aromatic rings. The maximum absolute atomic E-state index is 11.6. The van der Waals surface area contributed by atoms with E-state index < -0.39 is 0 Å². The molecule has 2 nitrogen and oxygen atoms in total. The Balaban J connectivity index is 2.15. The van der Waals surface area contributed by atoms with Gasteiger partial charge in [-0.3, -0.25) is 4.79 Å². The summed E-state index contributed by atoms with van der Waals surface area (Å²) < 4.78 is 0. The molecular weight excluding hydrogens is 218 g/mol. The highest BCUT2D eigenvalue weighted by atomic mass is 32.2. The van der Waals surface area contributed by atoms with Crippen molar-refractivity contribution in [2.45, 2.75) is 51.7 Å². The molecule has 0 aromatic carbocycles. The fourth-order valence-corrected chi connectivity index (χ4v) is 3.81. The minimum Gasteiger partial charge on any atom is -0.346 e. The Kier molecular flexibility index (Phi) is 3.34. The van der Waals surface area contributed by atoms with Crippen molar-refractivity contribution in [3.05, 3.63) is 11.1 Å². The molecule has 90 valence electrons. The molecule has 2 aliphatic rings. The third kappa shape index (κ3) is 2.29. The Morgan fingerprint density at radius 3 is 2.81 bits per heavy atom. The fourth-order valence-electron chi connectivity index (χ4n) is 2.87. The highest BCUT2D eigenvalue weighted by Crippen LogP contribution is 2.43. The number of allylic oxidation sites excluding steroid dienone is 2. The minimum absolute atomic E-state index is 0.155. The van der Waals surface area contributed by atoms with Crippen molar-refractivity contribution >= 4 is 17.7 Å². The second kappa shape index (κ2) is 4.44. The minimum atomic E-state index is 0.155. The van der Waals surface area contributed by atoms with Crippen LogP contribution >= 0.6 is 11.8 Å². The van der Waals surface area contributed by atoms with Crippen molar-refractivity contribution in [1.82, 2.24) is 5.32 Å². The van der Waals surface area contributed by atoms with Gasteiger partial charge in [-0.15, -0.1) is 11.8 Å². The van der Waals surface area contributed by atoms with E-state index in [1.165, 1.54) is 30.4 Å². The number of thioether (sulfide) groups is 1. The second-order valence-electron chi connectivity index (χ2n) is 5.54. The molecule has 0 saturated carbocycles. The van der Waals surface area contributed by atoms with Gasteiger partial charge in [-0.25, -0.2) is 0 Å². The molecule has 0 radical (unpaired) electrons. The summed E-state index contributed by atoms with van der Waals surface area (Å²) in [6.07, 6.45) is 4.73. The van der Waals surface area contributed by atoms with E-state index in [2.05, 4.69) is 26.1 Å². The number of carbonyl (C=O) groups excluding carboxylic acids is 1. The molecule has 1 heterocycles. The van der Waals surface area contributed by atoms with Crippen molar-refractivity contribution in [3.63, 3.8) is 0 Å². The Hall–Kier alpha value is -0.440. The van der Waals surface area contributed by atoms with Gasteiger partial charge in [0.1, 0.15) is 0 Å². The van der Waals surface area contributed by atoms with Gasteiger partial charge in [0.15, 0.2) is 0 Å². The molecule has 0 aromatic heterocycles. The number of rotatable bonds is 2. The summed E-state index contributed by atoms with van der Waals surface area (Å²) in [5, 5.41) is 3.06. The third-order valence-electron chi connectivity index (χ3n) is 3.90. The average molecular weight is 239 g/mol.